The van der Waals surface area contributed by atoms with Crippen LogP contribution in [0.15, 0.2) is 24.4 Å². The van der Waals surface area contributed by atoms with Gasteiger partial charge < -0.3 is 11.1 Å². The average molecular weight is 207 g/mol. The molecule has 82 valence electrons. The Hall–Kier alpha value is -1.42. The first-order valence-electron chi connectivity index (χ1n) is 5.11. The quantitative estimate of drug-likeness (QED) is 0.746. The second kappa shape index (κ2) is 6.14. The largest absolute Gasteiger partial charge is 0.350 e. The predicted octanol–water partition coefficient (Wildman–Crippen LogP) is 0.683. The maximum atomic E-state index is 11.5. The van der Waals surface area contributed by atoms with Gasteiger partial charge in [0.2, 0.25) is 5.91 Å². The fraction of sp³-hybridized carbons (Fsp3) is 0.455. The number of nitrogens with zero attached hydrogens (tertiary/aromatic N) is 1. The summed E-state index contributed by atoms with van der Waals surface area (Å²) in [7, 11) is 0. The van der Waals surface area contributed by atoms with Crippen LogP contribution in [0, 0.1) is 5.92 Å². The van der Waals surface area contributed by atoms with Crippen molar-refractivity contribution in [1.29, 1.82) is 0 Å². The molecule has 0 saturated heterocycles. The van der Waals surface area contributed by atoms with Gasteiger partial charge in [-0.1, -0.05) is 13.0 Å². The van der Waals surface area contributed by atoms with Crippen LogP contribution in [0.4, 0.5) is 0 Å². The number of carbonyl (C=O) groups excluding carboxylic acids is 1. The summed E-state index contributed by atoms with van der Waals surface area (Å²) >= 11 is 0. The van der Waals surface area contributed by atoms with E-state index in [9.17, 15) is 4.79 Å². The van der Waals surface area contributed by atoms with Crippen molar-refractivity contribution in [2.24, 2.45) is 11.7 Å². The Morgan fingerprint density at radius 2 is 2.40 bits per heavy atom. The molecule has 15 heavy (non-hydrogen) atoms. The Morgan fingerprint density at radius 3 is 3.00 bits per heavy atom. The van der Waals surface area contributed by atoms with E-state index in [-0.39, 0.29) is 11.8 Å². The van der Waals surface area contributed by atoms with Crippen LogP contribution in [-0.4, -0.2) is 17.4 Å². The first-order valence-corrected chi connectivity index (χ1v) is 5.11. The third-order valence-corrected chi connectivity index (χ3v) is 2.22. The van der Waals surface area contributed by atoms with Gasteiger partial charge in [-0.05, 0) is 25.1 Å². The summed E-state index contributed by atoms with van der Waals surface area (Å²) in [6.45, 7) is 2.90. The number of aromatic nitrogens is 1. The van der Waals surface area contributed by atoms with E-state index in [0.717, 1.165) is 5.69 Å². The number of hydrogen-bond donors (Lipinski definition) is 2. The number of nitrogens with one attached hydrogen (secondary N) is 1. The number of carbonyl (C=O) groups is 1. The Morgan fingerprint density at radius 1 is 1.60 bits per heavy atom. The zero-order valence-corrected chi connectivity index (χ0v) is 8.94. The number of hydrogen-bond acceptors (Lipinski definition) is 3. The van der Waals surface area contributed by atoms with Gasteiger partial charge in [-0.15, -0.1) is 0 Å². The Labute approximate surface area is 89.9 Å². The second-order valence-corrected chi connectivity index (χ2v) is 3.52. The van der Waals surface area contributed by atoms with Crippen LogP contribution in [0.3, 0.4) is 0 Å². The Balaban J connectivity index is 2.34. The number of amides is 1. The van der Waals surface area contributed by atoms with Crippen molar-refractivity contribution in [1.82, 2.24) is 10.3 Å². The van der Waals surface area contributed by atoms with Gasteiger partial charge in [-0.25, -0.2) is 0 Å². The molecule has 0 spiro atoms. The van der Waals surface area contributed by atoms with Gasteiger partial charge in [-0.2, -0.15) is 0 Å². The van der Waals surface area contributed by atoms with Crippen molar-refractivity contribution in [3.05, 3.63) is 30.1 Å². The molecular weight excluding hydrogens is 190 g/mol. The van der Waals surface area contributed by atoms with Crippen molar-refractivity contribution >= 4 is 5.91 Å². The molecule has 0 aromatic carbocycles. The zero-order valence-electron chi connectivity index (χ0n) is 8.94. The van der Waals surface area contributed by atoms with Crippen molar-refractivity contribution in [3.63, 3.8) is 0 Å². The molecule has 0 aliphatic rings. The highest BCUT2D eigenvalue weighted by Gasteiger charge is 2.10. The van der Waals surface area contributed by atoms with Crippen molar-refractivity contribution in [2.75, 3.05) is 6.54 Å². The fourth-order valence-corrected chi connectivity index (χ4v) is 1.24. The molecule has 1 aromatic heterocycles. The molecule has 1 heterocycles. The van der Waals surface area contributed by atoms with Crippen LogP contribution < -0.4 is 11.1 Å². The summed E-state index contributed by atoms with van der Waals surface area (Å²) < 4.78 is 0. The lowest BCUT2D eigenvalue weighted by Gasteiger charge is -2.10. The van der Waals surface area contributed by atoms with E-state index in [1.165, 1.54) is 0 Å². The molecule has 0 bridgehead atoms. The first kappa shape index (κ1) is 11.7. The van der Waals surface area contributed by atoms with E-state index in [1.54, 1.807) is 6.20 Å². The standard InChI is InChI=1S/C11H17N3O/c1-9(5-6-12)11(15)14-8-10-4-2-3-7-13-10/h2-4,7,9H,5-6,8,12H2,1H3,(H,14,15). The van der Waals surface area contributed by atoms with Gasteiger partial charge >= 0.3 is 0 Å². The lowest BCUT2D eigenvalue weighted by molar-refractivity contribution is -0.124. The van der Waals surface area contributed by atoms with Crippen molar-refractivity contribution < 1.29 is 4.79 Å². The van der Waals surface area contributed by atoms with Crippen LogP contribution in [0.25, 0.3) is 0 Å². The van der Waals surface area contributed by atoms with Crippen LogP contribution in [0.2, 0.25) is 0 Å². The van der Waals surface area contributed by atoms with E-state index < -0.39 is 0 Å². The normalized spacial score (nSPS) is 12.1. The molecule has 4 nitrogen and oxygen atoms in total. The summed E-state index contributed by atoms with van der Waals surface area (Å²) in [5.41, 5.74) is 6.25. The second-order valence-electron chi connectivity index (χ2n) is 3.52. The highest BCUT2D eigenvalue weighted by atomic mass is 16.1. The minimum Gasteiger partial charge on any atom is -0.350 e. The van der Waals surface area contributed by atoms with Gasteiger partial charge in [0, 0.05) is 12.1 Å². The summed E-state index contributed by atoms with van der Waals surface area (Å²) in [6, 6.07) is 5.63. The third kappa shape index (κ3) is 4.08. The van der Waals surface area contributed by atoms with Crippen LogP contribution in [0.5, 0.6) is 0 Å². The zero-order chi connectivity index (χ0) is 11.1. The minimum atomic E-state index is -0.0290. The van der Waals surface area contributed by atoms with Gasteiger partial charge in [0.1, 0.15) is 0 Å². The van der Waals surface area contributed by atoms with Crippen molar-refractivity contribution in [2.45, 2.75) is 19.9 Å². The SMILES string of the molecule is CC(CCN)C(=O)NCc1ccccn1. The average Bonchev–Trinajstić information content (AvgIpc) is 2.27. The Bertz CT molecular complexity index is 300. The lowest BCUT2D eigenvalue weighted by Crippen LogP contribution is -2.30. The summed E-state index contributed by atoms with van der Waals surface area (Å²) in [4.78, 5) is 15.6. The number of nitrogens with two attached hydrogens (primary N) is 1. The summed E-state index contributed by atoms with van der Waals surface area (Å²) in [5, 5.41) is 2.83. The molecular formula is C11H17N3O. The predicted molar refractivity (Wildman–Crippen MR) is 58.9 cm³/mol. The molecule has 0 aliphatic carbocycles. The smallest absolute Gasteiger partial charge is 0.223 e. The molecule has 3 N–H and O–H groups in total. The molecule has 1 atom stereocenters. The number of pyridine rings is 1. The van der Waals surface area contributed by atoms with Crippen LogP contribution in [-0.2, 0) is 11.3 Å². The summed E-state index contributed by atoms with van der Waals surface area (Å²) in [6.07, 6.45) is 2.43. The monoisotopic (exact) mass is 207 g/mol. The molecule has 0 fully saturated rings. The fourth-order valence-electron chi connectivity index (χ4n) is 1.24. The highest BCUT2D eigenvalue weighted by molar-refractivity contribution is 5.78. The van der Waals surface area contributed by atoms with E-state index in [4.69, 9.17) is 5.73 Å². The first-order chi connectivity index (χ1) is 7.24. The van der Waals surface area contributed by atoms with Gasteiger partial charge in [-0.3, -0.25) is 9.78 Å². The molecule has 1 amide bonds. The maximum absolute atomic E-state index is 11.5. The molecule has 1 aromatic rings. The highest BCUT2D eigenvalue weighted by Crippen LogP contribution is 2.00. The molecule has 4 heteroatoms. The van der Waals surface area contributed by atoms with Gasteiger partial charge in [0.15, 0.2) is 0 Å². The van der Waals surface area contributed by atoms with Gasteiger partial charge in [0.05, 0.1) is 12.2 Å². The van der Waals surface area contributed by atoms with E-state index in [0.29, 0.717) is 19.5 Å². The molecule has 0 radical (unpaired) electrons. The third-order valence-electron chi connectivity index (χ3n) is 2.22. The van der Waals surface area contributed by atoms with E-state index in [2.05, 4.69) is 10.3 Å². The van der Waals surface area contributed by atoms with E-state index >= 15 is 0 Å². The summed E-state index contributed by atoms with van der Waals surface area (Å²) in [5.74, 6) is 0.00446. The van der Waals surface area contributed by atoms with Crippen LogP contribution >= 0.6 is 0 Å². The molecule has 1 unspecified atom stereocenters. The minimum absolute atomic E-state index is 0.0290. The molecule has 1 rings (SSSR count). The lowest BCUT2D eigenvalue weighted by atomic mass is 10.1. The van der Waals surface area contributed by atoms with Gasteiger partial charge in [0.25, 0.3) is 0 Å². The maximum Gasteiger partial charge on any atom is 0.223 e. The Kier molecular flexibility index (Phi) is 4.77. The van der Waals surface area contributed by atoms with Crippen LogP contribution in [0.1, 0.15) is 19.0 Å². The number of rotatable bonds is 5. The van der Waals surface area contributed by atoms with Crippen molar-refractivity contribution in [3.8, 4) is 0 Å². The topological polar surface area (TPSA) is 68.0 Å². The molecule has 0 saturated carbocycles. The molecule has 0 aliphatic heterocycles. The van der Waals surface area contributed by atoms with E-state index in [1.807, 2.05) is 25.1 Å².